The minimum Gasteiger partial charge on any atom is -0.398 e. The minimum atomic E-state index is -0.415. The van der Waals surface area contributed by atoms with E-state index in [9.17, 15) is 9.18 Å². The third-order valence-corrected chi connectivity index (χ3v) is 6.25. The number of benzene rings is 2. The molecule has 2 aromatic carbocycles. The van der Waals surface area contributed by atoms with E-state index in [4.69, 9.17) is 17.3 Å². The maximum absolute atomic E-state index is 14.8. The first kappa shape index (κ1) is 22.0. The lowest BCUT2D eigenvalue weighted by Gasteiger charge is -2.28. The van der Waals surface area contributed by atoms with Crippen molar-refractivity contribution in [1.29, 1.82) is 0 Å². The first-order chi connectivity index (χ1) is 16.4. The number of nitrogens with two attached hydrogens (primary N) is 1. The molecule has 3 N–H and O–H groups in total. The number of pyridine rings is 1. The Balaban J connectivity index is 1.55. The van der Waals surface area contributed by atoms with Gasteiger partial charge >= 0.3 is 5.69 Å². The molecule has 0 spiro atoms. The number of hydrogen-bond acceptors (Lipinski definition) is 5. The zero-order chi connectivity index (χ0) is 23.8. The van der Waals surface area contributed by atoms with Gasteiger partial charge in [0.1, 0.15) is 11.6 Å². The number of anilines is 2. The Bertz CT molecular complexity index is 1420. The van der Waals surface area contributed by atoms with Crippen molar-refractivity contribution in [3.8, 4) is 27.9 Å². The first-order valence-corrected chi connectivity index (χ1v) is 11.2. The quantitative estimate of drug-likeness (QED) is 0.442. The smallest absolute Gasteiger partial charge is 0.347 e. The fourth-order valence-electron chi connectivity index (χ4n) is 4.14. The average Bonchev–Trinajstić information content (AvgIpc) is 3.18. The van der Waals surface area contributed by atoms with Gasteiger partial charge in [-0.1, -0.05) is 17.7 Å². The third kappa shape index (κ3) is 4.00. The van der Waals surface area contributed by atoms with Crippen molar-refractivity contribution >= 4 is 23.1 Å². The van der Waals surface area contributed by atoms with Crippen molar-refractivity contribution in [2.24, 2.45) is 7.05 Å². The fourth-order valence-corrected chi connectivity index (χ4v) is 4.40. The molecule has 9 heteroatoms. The molecule has 34 heavy (non-hydrogen) atoms. The number of aromatic nitrogens is 3. The molecule has 4 aromatic rings. The van der Waals surface area contributed by atoms with E-state index >= 15 is 0 Å². The lowest BCUT2D eigenvalue weighted by Crippen LogP contribution is -2.43. The zero-order valence-electron chi connectivity index (χ0n) is 18.5. The Morgan fingerprint density at radius 1 is 1.06 bits per heavy atom. The van der Waals surface area contributed by atoms with Gasteiger partial charge in [-0.05, 0) is 47.5 Å². The first-order valence-electron chi connectivity index (χ1n) is 10.8. The number of piperazine rings is 1. The number of nitrogens with one attached hydrogen (secondary N) is 1. The molecular weight excluding hydrogens is 455 g/mol. The lowest BCUT2D eigenvalue weighted by molar-refractivity contribution is 0.585. The van der Waals surface area contributed by atoms with Crippen LogP contribution in [0.15, 0.2) is 53.5 Å². The molecule has 0 atom stereocenters. The summed E-state index contributed by atoms with van der Waals surface area (Å²) in [6.07, 6.45) is 7.13. The highest BCUT2D eigenvalue weighted by atomic mass is 35.5. The number of nitrogens with zero attached hydrogens (tertiary/aromatic N) is 4. The molecule has 0 amide bonds. The van der Waals surface area contributed by atoms with E-state index in [0.29, 0.717) is 33.1 Å². The van der Waals surface area contributed by atoms with Gasteiger partial charge in [0.15, 0.2) is 0 Å². The second kappa shape index (κ2) is 8.86. The predicted molar refractivity (Wildman–Crippen MR) is 132 cm³/mol. The summed E-state index contributed by atoms with van der Waals surface area (Å²) in [5.41, 5.74) is 9.63. The normalized spacial score (nSPS) is 13.7. The van der Waals surface area contributed by atoms with Crippen LogP contribution in [0.1, 0.15) is 0 Å². The lowest BCUT2D eigenvalue weighted by atomic mass is 9.96. The Morgan fingerprint density at radius 3 is 2.41 bits per heavy atom. The van der Waals surface area contributed by atoms with E-state index in [1.807, 2.05) is 12.1 Å². The van der Waals surface area contributed by atoms with Crippen molar-refractivity contribution in [1.82, 2.24) is 19.4 Å². The van der Waals surface area contributed by atoms with E-state index in [1.54, 1.807) is 31.4 Å². The van der Waals surface area contributed by atoms with Crippen LogP contribution in [-0.2, 0) is 7.05 Å². The maximum atomic E-state index is 14.8. The summed E-state index contributed by atoms with van der Waals surface area (Å²) in [6.45, 7) is 3.48. The van der Waals surface area contributed by atoms with Crippen LogP contribution in [0.25, 0.3) is 27.9 Å². The number of nitrogen functional groups attached to an aromatic ring is 1. The number of rotatable bonds is 4. The predicted octanol–water partition coefficient (Wildman–Crippen LogP) is 3.29. The Kier molecular flexibility index (Phi) is 5.74. The minimum absolute atomic E-state index is 0.311. The van der Waals surface area contributed by atoms with Crippen molar-refractivity contribution in [3.05, 3.63) is 82.4 Å². The van der Waals surface area contributed by atoms with Crippen LogP contribution < -0.4 is 21.6 Å². The molecule has 0 radical (unpaired) electrons. The van der Waals surface area contributed by atoms with Gasteiger partial charge in [0.2, 0.25) is 0 Å². The van der Waals surface area contributed by atoms with Gasteiger partial charge in [0, 0.05) is 68.6 Å². The summed E-state index contributed by atoms with van der Waals surface area (Å²) in [6, 6.07) is 11.7. The molecular formula is C25H22ClFN6O. The highest BCUT2D eigenvalue weighted by molar-refractivity contribution is 6.32. The fraction of sp³-hybridized carbons (Fsp3) is 0.200. The van der Waals surface area contributed by atoms with E-state index < -0.39 is 5.82 Å². The molecule has 0 unspecified atom stereocenters. The Hall–Kier alpha value is -3.80. The monoisotopic (exact) mass is 476 g/mol. The van der Waals surface area contributed by atoms with Crippen molar-refractivity contribution < 1.29 is 4.39 Å². The van der Waals surface area contributed by atoms with Crippen LogP contribution in [0.4, 0.5) is 15.9 Å². The standard InChI is InChI=1S/C25H22ClFN6O/c1-31-10-11-33(25(31)34)22-3-2-16(12-21(22)26)19-14-18(27)15-20(24(19)28)17-4-5-30-23(13-17)32-8-6-29-7-9-32/h2-5,12-15,29H,6-9,28H2,1H3. The molecule has 1 aliphatic rings. The average molecular weight is 477 g/mol. The summed E-state index contributed by atoms with van der Waals surface area (Å²) in [5.74, 6) is 0.417. The Morgan fingerprint density at radius 2 is 1.76 bits per heavy atom. The summed E-state index contributed by atoms with van der Waals surface area (Å²) >= 11 is 6.49. The molecule has 0 aliphatic carbocycles. The summed E-state index contributed by atoms with van der Waals surface area (Å²) in [5, 5.41) is 3.63. The van der Waals surface area contributed by atoms with Crippen LogP contribution >= 0.6 is 11.6 Å². The van der Waals surface area contributed by atoms with Crippen LogP contribution in [0.5, 0.6) is 0 Å². The molecule has 1 fully saturated rings. The van der Waals surface area contributed by atoms with Crippen LogP contribution in [0.2, 0.25) is 5.02 Å². The highest BCUT2D eigenvalue weighted by Gasteiger charge is 2.17. The highest BCUT2D eigenvalue weighted by Crippen LogP contribution is 2.38. The molecule has 5 rings (SSSR count). The van der Waals surface area contributed by atoms with Crippen molar-refractivity contribution in [2.45, 2.75) is 0 Å². The number of hydrogen-bond donors (Lipinski definition) is 2. The molecule has 1 saturated heterocycles. The van der Waals surface area contributed by atoms with E-state index in [0.717, 1.165) is 37.6 Å². The molecule has 2 aromatic heterocycles. The van der Waals surface area contributed by atoms with Gasteiger partial charge in [-0.25, -0.2) is 18.7 Å². The molecule has 172 valence electrons. The third-order valence-electron chi connectivity index (χ3n) is 5.95. The second-order valence-electron chi connectivity index (χ2n) is 8.12. The van der Waals surface area contributed by atoms with Crippen LogP contribution in [-0.4, -0.2) is 40.3 Å². The van der Waals surface area contributed by atoms with Crippen molar-refractivity contribution in [3.63, 3.8) is 0 Å². The molecule has 0 saturated carbocycles. The molecule has 0 bridgehead atoms. The molecule has 1 aliphatic heterocycles. The molecule has 3 heterocycles. The molecule has 7 nitrogen and oxygen atoms in total. The van der Waals surface area contributed by atoms with Gasteiger partial charge in [0.25, 0.3) is 0 Å². The summed E-state index contributed by atoms with van der Waals surface area (Å²) in [4.78, 5) is 18.9. The topological polar surface area (TPSA) is 81.1 Å². The van der Waals surface area contributed by atoms with Gasteiger partial charge in [-0.15, -0.1) is 0 Å². The summed E-state index contributed by atoms with van der Waals surface area (Å²) in [7, 11) is 1.58. The summed E-state index contributed by atoms with van der Waals surface area (Å²) < 4.78 is 17.3. The van der Waals surface area contributed by atoms with Gasteiger partial charge in [0.05, 0.1) is 10.7 Å². The van der Waals surface area contributed by atoms with Gasteiger partial charge in [-0.3, -0.25) is 4.57 Å². The zero-order valence-corrected chi connectivity index (χ0v) is 19.2. The second-order valence-corrected chi connectivity index (χ2v) is 8.53. The van der Waals surface area contributed by atoms with Gasteiger partial charge in [-0.2, -0.15) is 0 Å². The SMILES string of the molecule is Cn1c#cn(-c2ccc(-c3cc(F)cc(-c4ccnc(N5CCNCC5)c4)c3N)cc2Cl)c1=O. The number of halogens is 2. The largest absolute Gasteiger partial charge is 0.398 e. The maximum Gasteiger partial charge on any atom is 0.347 e. The van der Waals surface area contributed by atoms with Crippen LogP contribution in [0.3, 0.4) is 0 Å². The van der Waals surface area contributed by atoms with E-state index in [-0.39, 0.29) is 5.69 Å². The van der Waals surface area contributed by atoms with Gasteiger partial charge < -0.3 is 16.0 Å². The van der Waals surface area contributed by atoms with Crippen LogP contribution in [0, 0.1) is 18.2 Å². The Labute approximate surface area is 201 Å². The van der Waals surface area contributed by atoms with Crippen molar-refractivity contribution in [2.75, 3.05) is 36.8 Å². The van der Waals surface area contributed by atoms with E-state index in [2.05, 4.69) is 27.6 Å². The van der Waals surface area contributed by atoms with E-state index in [1.165, 1.54) is 21.3 Å².